The minimum atomic E-state index is 0. The van der Waals surface area contributed by atoms with Gasteiger partial charge in [-0.05, 0) is 0 Å². The van der Waals surface area contributed by atoms with Gasteiger partial charge in [0.1, 0.15) is 0 Å². The van der Waals surface area contributed by atoms with Crippen molar-refractivity contribution in [3.8, 4) is 0 Å². The van der Waals surface area contributed by atoms with E-state index >= 15 is 0 Å². The van der Waals surface area contributed by atoms with Gasteiger partial charge in [0.25, 0.3) is 0 Å². The fraction of sp³-hybridized carbons (Fsp3) is 0.667. The van der Waals surface area contributed by atoms with E-state index in [2.05, 4.69) is 0 Å². The molecule has 2 nitrogen and oxygen atoms in total. The summed E-state index contributed by atoms with van der Waals surface area (Å²) in [5, 5.41) is 16.5. The van der Waals surface area contributed by atoms with Crippen LogP contribution in [0.4, 0.5) is 0 Å². The van der Waals surface area contributed by atoms with E-state index in [1.54, 1.807) is 0 Å². The molecule has 0 aromatic heterocycles. The van der Waals surface area contributed by atoms with E-state index < -0.39 is 0 Å². The van der Waals surface area contributed by atoms with Crippen molar-refractivity contribution >= 4 is 0 Å². The Labute approximate surface area is 82.0 Å². The maximum atomic E-state index is 8.25. The molecule has 0 aromatic carbocycles. The maximum absolute atomic E-state index is 8.25. The molecule has 0 aliphatic carbocycles. The molecule has 0 aliphatic heterocycles. The van der Waals surface area contributed by atoms with Crippen LogP contribution in [-0.4, -0.2) is 14.2 Å². The molecule has 0 heterocycles. The van der Waals surface area contributed by atoms with Crippen LogP contribution in [0.1, 0.15) is 0 Å². The smallest absolute Gasteiger partial charge is 0.857 e. The third-order valence-corrected chi connectivity index (χ3v) is 0. The minimum absolute atomic E-state index is 0. The molecule has 3 heteroatoms. The summed E-state index contributed by atoms with van der Waals surface area (Å²) in [6, 6.07) is 0. The summed E-state index contributed by atoms with van der Waals surface area (Å²) in [6.07, 6.45) is 0. The first kappa shape index (κ1) is 25.7. The van der Waals surface area contributed by atoms with Gasteiger partial charge >= 0.3 is 51.4 Å². The second-order valence-electron chi connectivity index (χ2n) is 0. The third kappa shape index (κ3) is 47.6. The zero-order valence-electron chi connectivity index (χ0n) is 4.82. The Hall–Kier alpha value is 1.56. The van der Waals surface area contributed by atoms with Crippen LogP contribution in [0.2, 0.25) is 0 Å². The Balaban J connectivity index is -0.00000000500. The maximum Gasteiger partial charge on any atom is 1.00 e. The van der Waals surface area contributed by atoms with E-state index in [0.29, 0.717) is 0 Å². The van der Waals surface area contributed by atoms with Crippen LogP contribution in [0.25, 0.3) is 0 Å². The minimum Gasteiger partial charge on any atom is -0.857 e. The van der Waals surface area contributed by atoms with Gasteiger partial charge in [-0.1, -0.05) is 0 Å². The van der Waals surface area contributed by atoms with E-state index in [0.717, 1.165) is 14.2 Å². The van der Waals surface area contributed by atoms with Crippen LogP contribution < -0.4 is 61.6 Å². The topological polar surface area (TPSA) is 46.1 Å². The van der Waals surface area contributed by atoms with Crippen molar-refractivity contribution in [1.82, 2.24) is 0 Å². The molecule has 0 bridgehead atoms. The largest absolute Gasteiger partial charge is 1.00 e. The van der Waals surface area contributed by atoms with Crippen LogP contribution in [0.15, 0.2) is 0 Å². The van der Waals surface area contributed by atoms with Crippen LogP contribution in [-0.2, 0) is 0 Å². The normalized spacial score (nSPS) is 2.00. The van der Waals surface area contributed by atoms with Crippen molar-refractivity contribution in [3.05, 3.63) is 7.43 Å². The van der Waals surface area contributed by atoms with Gasteiger partial charge in [0.15, 0.2) is 0 Å². The zero-order valence-corrected chi connectivity index (χ0v) is 7.94. The predicted octanol–water partition coefficient (Wildman–Crippen LogP) is -4.59. The van der Waals surface area contributed by atoms with Crippen molar-refractivity contribution in [2.24, 2.45) is 0 Å². The van der Waals surface area contributed by atoms with Gasteiger partial charge < -0.3 is 17.6 Å². The summed E-state index contributed by atoms with van der Waals surface area (Å²) in [4.78, 5) is 0. The molecule has 0 aliphatic rings. The third-order valence-electron chi connectivity index (χ3n) is 0. The molecule has 0 saturated heterocycles. The van der Waals surface area contributed by atoms with Gasteiger partial charge in [-0.2, -0.15) is 14.2 Å². The van der Waals surface area contributed by atoms with Gasteiger partial charge in [0.2, 0.25) is 0 Å². The molecular weight excluding hydrogens is 107 g/mol. The predicted molar refractivity (Wildman–Crippen MR) is 18.3 cm³/mol. The van der Waals surface area contributed by atoms with E-state index in [-0.39, 0.29) is 58.8 Å². The van der Waals surface area contributed by atoms with Gasteiger partial charge in [-0.15, -0.1) is 0 Å². The summed E-state index contributed by atoms with van der Waals surface area (Å²) in [6.45, 7) is 0. The van der Waals surface area contributed by atoms with E-state index in [4.69, 9.17) is 10.2 Å². The Kier molecular flexibility index (Phi) is 358. The zero-order chi connectivity index (χ0) is 4.00. The van der Waals surface area contributed by atoms with Gasteiger partial charge in [0, 0.05) is 0 Å². The second-order valence-corrected chi connectivity index (χ2v) is 0. The average Bonchev–Trinajstić information content (AvgIpc) is 1.50. The first-order chi connectivity index (χ1) is 2.00. The second kappa shape index (κ2) is 83.6. The summed E-state index contributed by atoms with van der Waals surface area (Å²) < 4.78 is 0. The Morgan fingerprint density at radius 2 is 0.833 bits per heavy atom. The standard InChI is InChI=1S/2CH3O.CH3.K/c2*1-2;;/h2*1H3;1H3;/q3*-1;+1. The fourth-order valence-corrected chi connectivity index (χ4v) is 0. The van der Waals surface area contributed by atoms with Crippen molar-refractivity contribution < 1.29 is 61.6 Å². The molecule has 0 aromatic rings. The van der Waals surface area contributed by atoms with Crippen molar-refractivity contribution in [2.75, 3.05) is 14.2 Å². The van der Waals surface area contributed by atoms with Crippen LogP contribution in [0, 0.1) is 7.43 Å². The Bertz CT molecular complexity index is 8.75. The molecule has 36 valence electrons. The van der Waals surface area contributed by atoms with Gasteiger partial charge in [-0.25, -0.2) is 0 Å². The number of rotatable bonds is 0. The molecule has 0 fully saturated rings. The molecule has 0 spiro atoms. The number of hydrogen-bond donors (Lipinski definition) is 0. The monoisotopic (exact) mass is 116 g/mol. The summed E-state index contributed by atoms with van der Waals surface area (Å²) in [5.41, 5.74) is 0. The quantitative estimate of drug-likeness (QED) is 0.236. The van der Waals surface area contributed by atoms with Crippen LogP contribution in [0.3, 0.4) is 0 Å². The fourth-order valence-electron chi connectivity index (χ4n) is 0. The molecular formula is C3H9KO2-2. The summed E-state index contributed by atoms with van der Waals surface area (Å²) >= 11 is 0. The van der Waals surface area contributed by atoms with Crippen LogP contribution in [0.5, 0.6) is 0 Å². The molecule has 0 N–H and O–H groups in total. The molecule has 0 atom stereocenters. The summed E-state index contributed by atoms with van der Waals surface area (Å²) in [7, 11) is 1.50. The molecule has 6 heavy (non-hydrogen) atoms. The molecule has 0 amide bonds. The SMILES string of the molecule is C[O-].C[O-].[CH3-].[K+]. The molecule has 0 radical (unpaired) electrons. The molecule has 0 unspecified atom stereocenters. The van der Waals surface area contributed by atoms with Crippen molar-refractivity contribution in [3.63, 3.8) is 0 Å². The Morgan fingerprint density at radius 1 is 0.833 bits per heavy atom. The average molecular weight is 116 g/mol. The van der Waals surface area contributed by atoms with E-state index in [1.807, 2.05) is 0 Å². The summed E-state index contributed by atoms with van der Waals surface area (Å²) in [5.74, 6) is 0. The van der Waals surface area contributed by atoms with Gasteiger partial charge in [0.05, 0.1) is 0 Å². The molecule has 0 rings (SSSR count). The van der Waals surface area contributed by atoms with E-state index in [9.17, 15) is 0 Å². The first-order valence-electron chi connectivity index (χ1n) is 0.816. The van der Waals surface area contributed by atoms with Crippen LogP contribution >= 0.6 is 0 Å². The number of hydrogen-bond acceptors (Lipinski definition) is 2. The first-order valence-corrected chi connectivity index (χ1v) is 0.816. The van der Waals surface area contributed by atoms with Gasteiger partial charge in [-0.3, -0.25) is 0 Å². The molecule has 0 saturated carbocycles. The van der Waals surface area contributed by atoms with Crippen molar-refractivity contribution in [1.29, 1.82) is 0 Å². The Morgan fingerprint density at radius 3 is 0.833 bits per heavy atom. The van der Waals surface area contributed by atoms with E-state index in [1.165, 1.54) is 0 Å². The van der Waals surface area contributed by atoms with Crippen molar-refractivity contribution in [2.45, 2.75) is 0 Å².